The number of nitrogens with zero attached hydrogens (tertiary/aromatic N) is 1. The van der Waals surface area contributed by atoms with Gasteiger partial charge in [-0.05, 0) is 50.2 Å². The summed E-state index contributed by atoms with van der Waals surface area (Å²) in [5, 5.41) is 0. The van der Waals surface area contributed by atoms with Gasteiger partial charge in [-0.1, -0.05) is 28.1 Å². The third-order valence-corrected chi connectivity index (χ3v) is 5.26. The number of ether oxygens (including phenoxy) is 2. The van der Waals surface area contributed by atoms with E-state index in [9.17, 15) is 19.2 Å². The van der Waals surface area contributed by atoms with Crippen molar-refractivity contribution in [1.29, 1.82) is 0 Å². The molecule has 1 heterocycles. The zero-order valence-corrected chi connectivity index (χ0v) is 18.8. The molecule has 1 amide bonds. The van der Waals surface area contributed by atoms with E-state index in [0.717, 1.165) is 4.47 Å². The van der Waals surface area contributed by atoms with Crippen molar-refractivity contribution in [3.8, 4) is 0 Å². The van der Waals surface area contributed by atoms with Crippen molar-refractivity contribution in [1.82, 2.24) is 0 Å². The van der Waals surface area contributed by atoms with Gasteiger partial charge in [-0.25, -0.2) is 4.79 Å². The molecule has 8 heteroatoms. The minimum absolute atomic E-state index is 0.00243. The second-order valence-electron chi connectivity index (χ2n) is 7.44. The Hall–Kier alpha value is -3.00. The number of halogens is 1. The highest BCUT2D eigenvalue weighted by molar-refractivity contribution is 9.10. The molecule has 1 fully saturated rings. The molecule has 0 spiro atoms. The fourth-order valence-electron chi connectivity index (χ4n) is 3.15. The lowest BCUT2D eigenvalue weighted by Crippen LogP contribution is -2.27. The first-order valence-corrected chi connectivity index (χ1v) is 10.6. The first kappa shape index (κ1) is 22.7. The van der Waals surface area contributed by atoms with Gasteiger partial charge in [0, 0.05) is 28.7 Å². The molecule has 2 aromatic carbocycles. The molecule has 1 aliphatic heterocycles. The Bertz CT molecular complexity index is 984. The second kappa shape index (κ2) is 9.87. The van der Waals surface area contributed by atoms with E-state index < -0.39 is 17.9 Å². The zero-order chi connectivity index (χ0) is 22.5. The van der Waals surface area contributed by atoms with Gasteiger partial charge in [-0.15, -0.1) is 0 Å². The fraction of sp³-hybridized carbons (Fsp3) is 0.304. The van der Waals surface area contributed by atoms with Crippen molar-refractivity contribution in [2.75, 3.05) is 18.1 Å². The number of esters is 2. The number of carbonyl (C=O) groups excluding carboxylic acids is 4. The monoisotopic (exact) mass is 487 g/mol. The van der Waals surface area contributed by atoms with Crippen molar-refractivity contribution >= 4 is 45.2 Å². The topological polar surface area (TPSA) is 90.0 Å². The van der Waals surface area contributed by atoms with Crippen LogP contribution in [-0.2, 0) is 19.1 Å². The maximum Gasteiger partial charge on any atom is 0.338 e. The van der Waals surface area contributed by atoms with Crippen LogP contribution < -0.4 is 4.90 Å². The first-order valence-electron chi connectivity index (χ1n) is 9.81. The lowest BCUT2D eigenvalue weighted by Gasteiger charge is -2.17. The molecular formula is C23H22BrNO6. The molecule has 1 atom stereocenters. The van der Waals surface area contributed by atoms with Crippen molar-refractivity contribution < 1.29 is 28.7 Å². The quantitative estimate of drug-likeness (QED) is 0.435. The standard InChI is InChI=1S/C23H22BrNO6/c1-14(2)31-23(29)16-5-9-19(10-6-16)25-12-17(11-21(25)27)22(28)30-13-20(26)15-3-7-18(24)8-4-15/h3-10,14,17H,11-13H2,1-2H3/t17-/m1/s1. The summed E-state index contributed by atoms with van der Waals surface area (Å²) >= 11 is 3.30. The van der Waals surface area contributed by atoms with Crippen LogP contribution in [0, 0.1) is 5.92 Å². The van der Waals surface area contributed by atoms with Crippen LogP contribution in [0.25, 0.3) is 0 Å². The van der Waals surface area contributed by atoms with Crippen molar-refractivity contribution in [2.45, 2.75) is 26.4 Å². The van der Waals surface area contributed by atoms with Gasteiger partial charge in [0.25, 0.3) is 0 Å². The summed E-state index contributed by atoms with van der Waals surface area (Å²) in [6, 6.07) is 13.2. The van der Waals surface area contributed by atoms with Crippen LogP contribution >= 0.6 is 15.9 Å². The van der Waals surface area contributed by atoms with Gasteiger partial charge < -0.3 is 14.4 Å². The second-order valence-corrected chi connectivity index (χ2v) is 8.36. The minimum Gasteiger partial charge on any atom is -0.459 e. The van der Waals surface area contributed by atoms with E-state index >= 15 is 0 Å². The van der Waals surface area contributed by atoms with E-state index in [1.165, 1.54) is 4.90 Å². The molecule has 0 bridgehead atoms. The van der Waals surface area contributed by atoms with E-state index in [2.05, 4.69) is 15.9 Å². The molecule has 1 saturated heterocycles. The summed E-state index contributed by atoms with van der Waals surface area (Å²) in [6.45, 7) is 3.31. The molecule has 0 aliphatic carbocycles. The number of hydrogen-bond donors (Lipinski definition) is 0. The maximum atomic E-state index is 12.4. The molecule has 1 aliphatic rings. The van der Waals surface area contributed by atoms with Crippen LogP contribution in [0.15, 0.2) is 53.0 Å². The molecule has 0 unspecified atom stereocenters. The SMILES string of the molecule is CC(C)OC(=O)c1ccc(N2C[C@H](C(=O)OCC(=O)c3ccc(Br)cc3)CC2=O)cc1. The van der Waals surface area contributed by atoms with Crippen LogP contribution in [-0.4, -0.2) is 42.9 Å². The Morgan fingerprint density at radius 2 is 1.65 bits per heavy atom. The highest BCUT2D eigenvalue weighted by atomic mass is 79.9. The highest BCUT2D eigenvalue weighted by Crippen LogP contribution is 2.26. The molecule has 31 heavy (non-hydrogen) atoms. The molecule has 0 N–H and O–H groups in total. The van der Waals surface area contributed by atoms with Crippen LogP contribution in [0.2, 0.25) is 0 Å². The van der Waals surface area contributed by atoms with E-state index in [4.69, 9.17) is 9.47 Å². The van der Waals surface area contributed by atoms with E-state index in [0.29, 0.717) is 16.8 Å². The molecule has 7 nitrogen and oxygen atoms in total. The number of rotatable bonds is 7. The average molecular weight is 488 g/mol. The van der Waals surface area contributed by atoms with E-state index in [-0.39, 0.29) is 37.4 Å². The van der Waals surface area contributed by atoms with Gasteiger partial charge in [0.2, 0.25) is 5.91 Å². The summed E-state index contributed by atoms with van der Waals surface area (Å²) in [6.07, 6.45) is -0.225. The first-order chi connectivity index (χ1) is 14.7. The highest BCUT2D eigenvalue weighted by Gasteiger charge is 2.36. The number of Topliss-reactive ketones (excluding diaryl/α,β-unsaturated/α-hetero) is 1. The summed E-state index contributed by atoms with van der Waals surface area (Å²) in [5.41, 5.74) is 1.40. The number of benzene rings is 2. The molecule has 0 radical (unpaired) electrons. The van der Waals surface area contributed by atoms with Crippen LogP contribution in [0.1, 0.15) is 41.0 Å². The molecule has 162 valence electrons. The minimum atomic E-state index is -0.657. The number of amides is 1. The molecule has 2 aromatic rings. The van der Waals surface area contributed by atoms with Gasteiger partial charge in [0.05, 0.1) is 17.6 Å². The third-order valence-electron chi connectivity index (χ3n) is 4.73. The normalized spacial score (nSPS) is 15.8. The summed E-state index contributed by atoms with van der Waals surface area (Å²) in [7, 11) is 0. The zero-order valence-electron chi connectivity index (χ0n) is 17.2. The largest absolute Gasteiger partial charge is 0.459 e. The van der Waals surface area contributed by atoms with E-state index in [1.807, 2.05) is 0 Å². The molecule has 3 rings (SSSR count). The van der Waals surface area contributed by atoms with Gasteiger partial charge in [-0.3, -0.25) is 14.4 Å². The van der Waals surface area contributed by atoms with Gasteiger partial charge >= 0.3 is 11.9 Å². The number of anilines is 1. The van der Waals surface area contributed by atoms with Gasteiger partial charge in [-0.2, -0.15) is 0 Å². The lowest BCUT2D eigenvalue weighted by molar-refractivity contribution is -0.147. The Morgan fingerprint density at radius 1 is 1.03 bits per heavy atom. The Balaban J connectivity index is 1.56. The van der Waals surface area contributed by atoms with Crippen LogP contribution in [0.4, 0.5) is 5.69 Å². The number of carbonyl (C=O) groups is 4. The van der Waals surface area contributed by atoms with Crippen molar-refractivity contribution in [3.05, 3.63) is 64.1 Å². The number of ketones is 1. The van der Waals surface area contributed by atoms with E-state index in [1.54, 1.807) is 62.4 Å². The van der Waals surface area contributed by atoms with Crippen molar-refractivity contribution in [2.24, 2.45) is 5.92 Å². The maximum absolute atomic E-state index is 12.4. The average Bonchev–Trinajstić information content (AvgIpc) is 3.13. The predicted octanol–water partition coefficient (Wildman–Crippen LogP) is 3.79. The summed E-state index contributed by atoms with van der Waals surface area (Å²) < 4.78 is 11.1. The van der Waals surface area contributed by atoms with Crippen LogP contribution in [0.3, 0.4) is 0 Å². The Morgan fingerprint density at radius 3 is 2.26 bits per heavy atom. The molecule has 0 aromatic heterocycles. The van der Waals surface area contributed by atoms with Gasteiger partial charge in [0.15, 0.2) is 12.4 Å². The molecule has 0 saturated carbocycles. The Kier molecular flexibility index (Phi) is 7.22. The van der Waals surface area contributed by atoms with Crippen LogP contribution in [0.5, 0.6) is 0 Å². The Labute approximate surface area is 188 Å². The molecular weight excluding hydrogens is 466 g/mol. The smallest absolute Gasteiger partial charge is 0.338 e. The third kappa shape index (κ3) is 5.79. The summed E-state index contributed by atoms with van der Waals surface area (Å²) in [5.74, 6) is -2.22. The fourth-order valence-corrected chi connectivity index (χ4v) is 3.41. The van der Waals surface area contributed by atoms with Crippen molar-refractivity contribution in [3.63, 3.8) is 0 Å². The summed E-state index contributed by atoms with van der Waals surface area (Å²) in [4.78, 5) is 50.4. The predicted molar refractivity (Wildman–Crippen MR) is 117 cm³/mol. The lowest BCUT2D eigenvalue weighted by atomic mass is 10.1. The number of hydrogen-bond acceptors (Lipinski definition) is 6. The van der Waals surface area contributed by atoms with Gasteiger partial charge in [0.1, 0.15) is 0 Å².